The number of methoxy groups -OCH3 is 1. The quantitative estimate of drug-likeness (QED) is 0.634. The zero-order valence-electron chi connectivity index (χ0n) is 12.0. The van der Waals surface area contributed by atoms with E-state index in [9.17, 15) is 4.79 Å². The Balaban J connectivity index is 1.82. The van der Waals surface area contributed by atoms with Crippen LogP contribution in [0.3, 0.4) is 0 Å². The first-order valence-corrected chi connectivity index (χ1v) is 7.31. The summed E-state index contributed by atoms with van der Waals surface area (Å²) < 4.78 is 11.2. The second-order valence-corrected chi connectivity index (χ2v) is 5.14. The molecule has 22 heavy (non-hydrogen) atoms. The number of benzene rings is 2. The lowest BCUT2D eigenvalue weighted by Crippen LogP contribution is -2.24. The summed E-state index contributed by atoms with van der Waals surface area (Å²) in [5.41, 5.74) is 3.31. The molecule has 0 fully saturated rings. The molecule has 0 atom stereocenters. The summed E-state index contributed by atoms with van der Waals surface area (Å²) in [5, 5.41) is 3.87. The lowest BCUT2D eigenvalue weighted by atomic mass is 10.2. The number of carbonyl (C=O) groups is 1. The van der Waals surface area contributed by atoms with Crippen molar-refractivity contribution >= 4 is 28.1 Å². The van der Waals surface area contributed by atoms with Gasteiger partial charge in [0.2, 0.25) is 0 Å². The van der Waals surface area contributed by atoms with Gasteiger partial charge in [-0.3, -0.25) is 4.79 Å². The van der Waals surface area contributed by atoms with Gasteiger partial charge in [0.25, 0.3) is 5.91 Å². The van der Waals surface area contributed by atoms with Crippen molar-refractivity contribution in [2.75, 3.05) is 13.7 Å². The third-order valence-corrected chi connectivity index (χ3v) is 3.32. The van der Waals surface area contributed by atoms with Crippen LogP contribution in [-0.4, -0.2) is 25.8 Å². The Morgan fingerprint density at radius 2 is 2.05 bits per heavy atom. The summed E-state index contributed by atoms with van der Waals surface area (Å²) in [5.74, 6) is 0.925. The molecule has 5 nitrogen and oxygen atoms in total. The molecular formula is C16H15BrN2O3. The Kier molecular flexibility index (Phi) is 5.97. The monoisotopic (exact) mass is 362 g/mol. The van der Waals surface area contributed by atoms with Crippen LogP contribution in [0.25, 0.3) is 0 Å². The van der Waals surface area contributed by atoms with Gasteiger partial charge < -0.3 is 9.47 Å². The van der Waals surface area contributed by atoms with Crippen molar-refractivity contribution in [2.45, 2.75) is 0 Å². The molecule has 0 saturated heterocycles. The highest BCUT2D eigenvalue weighted by Crippen LogP contribution is 2.28. The molecule has 0 aromatic heterocycles. The van der Waals surface area contributed by atoms with Crippen LogP contribution < -0.4 is 14.9 Å². The molecule has 114 valence electrons. The maximum absolute atomic E-state index is 11.7. The van der Waals surface area contributed by atoms with Gasteiger partial charge in [-0.2, -0.15) is 5.10 Å². The van der Waals surface area contributed by atoms with E-state index in [0.29, 0.717) is 16.0 Å². The van der Waals surface area contributed by atoms with Crippen molar-refractivity contribution in [1.29, 1.82) is 0 Å². The largest absolute Gasteiger partial charge is 0.497 e. The predicted molar refractivity (Wildman–Crippen MR) is 88.4 cm³/mol. The first kappa shape index (κ1) is 16.0. The first-order chi connectivity index (χ1) is 10.7. The van der Waals surface area contributed by atoms with E-state index < -0.39 is 0 Å². The number of nitrogens with one attached hydrogen (secondary N) is 1. The fourth-order valence-corrected chi connectivity index (χ4v) is 2.09. The SMILES string of the molecule is COc1ccc(OCC(=O)N/N=C\c2ccccc2)c(Br)c1. The number of nitrogens with zero attached hydrogens (tertiary/aromatic N) is 1. The minimum absolute atomic E-state index is 0.128. The molecular weight excluding hydrogens is 348 g/mol. The van der Waals surface area contributed by atoms with Gasteiger partial charge in [-0.1, -0.05) is 30.3 Å². The summed E-state index contributed by atoms with van der Waals surface area (Å²) >= 11 is 3.35. The standard InChI is InChI=1S/C16H15BrN2O3/c1-21-13-7-8-15(14(17)9-13)22-11-16(20)19-18-10-12-5-3-2-4-6-12/h2-10H,11H2,1H3,(H,19,20)/b18-10-. The smallest absolute Gasteiger partial charge is 0.277 e. The lowest BCUT2D eigenvalue weighted by molar-refractivity contribution is -0.123. The average molecular weight is 363 g/mol. The maximum Gasteiger partial charge on any atom is 0.277 e. The molecule has 0 unspecified atom stereocenters. The number of hydrogen-bond acceptors (Lipinski definition) is 4. The first-order valence-electron chi connectivity index (χ1n) is 6.52. The highest BCUT2D eigenvalue weighted by Gasteiger charge is 2.06. The Bertz CT molecular complexity index is 660. The fraction of sp³-hybridized carbons (Fsp3) is 0.125. The number of ether oxygens (including phenoxy) is 2. The van der Waals surface area contributed by atoms with E-state index in [2.05, 4.69) is 26.5 Å². The molecule has 0 heterocycles. The van der Waals surface area contributed by atoms with Crippen LogP contribution in [-0.2, 0) is 4.79 Å². The van der Waals surface area contributed by atoms with Gasteiger partial charge in [0.15, 0.2) is 6.61 Å². The Morgan fingerprint density at radius 1 is 1.27 bits per heavy atom. The van der Waals surface area contributed by atoms with Crippen molar-refractivity contribution in [1.82, 2.24) is 5.43 Å². The van der Waals surface area contributed by atoms with Crippen LogP contribution >= 0.6 is 15.9 Å². The molecule has 0 aliphatic carbocycles. The molecule has 0 saturated carbocycles. The van der Waals surface area contributed by atoms with Crippen molar-refractivity contribution in [2.24, 2.45) is 5.10 Å². The Hall–Kier alpha value is -2.34. The lowest BCUT2D eigenvalue weighted by Gasteiger charge is -2.08. The highest BCUT2D eigenvalue weighted by molar-refractivity contribution is 9.10. The van der Waals surface area contributed by atoms with Gasteiger partial charge in [0, 0.05) is 0 Å². The summed E-state index contributed by atoms with van der Waals surface area (Å²) in [7, 11) is 1.58. The van der Waals surface area contributed by atoms with Gasteiger partial charge >= 0.3 is 0 Å². The third kappa shape index (κ3) is 4.89. The third-order valence-electron chi connectivity index (χ3n) is 2.70. The molecule has 0 spiro atoms. The van der Waals surface area contributed by atoms with E-state index in [1.807, 2.05) is 30.3 Å². The molecule has 0 aliphatic rings. The number of carbonyl (C=O) groups excluding carboxylic acids is 1. The van der Waals surface area contributed by atoms with Gasteiger partial charge in [-0.15, -0.1) is 0 Å². The average Bonchev–Trinajstić information content (AvgIpc) is 2.54. The molecule has 6 heteroatoms. The van der Waals surface area contributed by atoms with E-state index in [0.717, 1.165) is 5.56 Å². The Labute approximate surface area is 137 Å². The van der Waals surface area contributed by atoms with E-state index in [1.165, 1.54) is 0 Å². The van der Waals surface area contributed by atoms with Crippen LogP contribution in [0.1, 0.15) is 5.56 Å². The van der Waals surface area contributed by atoms with E-state index in [-0.39, 0.29) is 12.5 Å². The predicted octanol–water partition coefficient (Wildman–Crippen LogP) is 2.99. The molecule has 1 amide bonds. The molecule has 0 bridgehead atoms. The van der Waals surface area contributed by atoms with Gasteiger partial charge in [-0.05, 0) is 39.7 Å². The Morgan fingerprint density at radius 3 is 2.73 bits per heavy atom. The van der Waals surface area contributed by atoms with Crippen molar-refractivity contribution in [3.8, 4) is 11.5 Å². The number of halogens is 1. The molecule has 2 aromatic rings. The van der Waals surface area contributed by atoms with E-state index in [4.69, 9.17) is 9.47 Å². The van der Waals surface area contributed by atoms with E-state index >= 15 is 0 Å². The normalized spacial score (nSPS) is 10.5. The number of hydrogen-bond donors (Lipinski definition) is 1. The zero-order chi connectivity index (χ0) is 15.8. The zero-order valence-corrected chi connectivity index (χ0v) is 13.5. The van der Waals surface area contributed by atoms with Crippen molar-refractivity contribution in [3.63, 3.8) is 0 Å². The molecule has 2 aromatic carbocycles. The summed E-state index contributed by atoms with van der Waals surface area (Å²) in [6.07, 6.45) is 1.57. The highest BCUT2D eigenvalue weighted by atomic mass is 79.9. The summed E-state index contributed by atoms with van der Waals surface area (Å²) in [4.78, 5) is 11.7. The minimum atomic E-state index is -0.338. The molecule has 0 aliphatic heterocycles. The molecule has 2 rings (SSSR count). The summed E-state index contributed by atoms with van der Waals surface area (Å²) in [6.45, 7) is -0.128. The van der Waals surface area contributed by atoms with Crippen LogP contribution in [0.2, 0.25) is 0 Å². The topological polar surface area (TPSA) is 59.9 Å². The van der Waals surface area contributed by atoms with Crippen LogP contribution in [0.15, 0.2) is 58.1 Å². The van der Waals surface area contributed by atoms with Crippen molar-refractivity contribution < 1.29 is 14.3 Å². The van der Waals surface area contributed by atoms with Gasteiger partial charge in [-0.25, -0.2) is 5.43 Å². The summed E-state index contributed by atoms with van der Waals surface area (Å²) in [6, 6.07) is 14.7. The van der Waals surface area contributed by atoms with Crippen LogP contribution in [0.5, 0.6) is 11.5 Å². The fourth-order valence-electron chi connectivity index (χ4n) is 1.62. The minimum Gasteiger partial charge on any atom is -0.497 e. The maximum atomic E-state index is 11.7. The second kappa shape index (κ2) is 8.19. The number of amides is 1. The van der Waals surface area contributed by atoms with Crippen molar-refractivity contribution in [3.05, 3.63) is 58.6 Å². The van der Waals surface area contributed by atoms with E-state index in [1.54, 1.807) is 31.5 Å². The van der Waals surface area contributed by atoms with Gasteiger partial charge in [0.05, 0.1) is 17.8 Å². The number of rotatable bonds is 6. The van der Waals surface area contributed by atoms with Gasteiger partial charge in [0.1, 0.15) is 11.5 Å². The van der Waals surface area contributed by atoms with Crippen LogP contribution in [0.4, 0.5) is 0 Å². The molecule has 1 N–H and O–H groups in total. The van der Waals surface area contributed by atoms with Crippen LogP contribution in [0, 0.1) is 0 Å². The molecule has 0 radical (unpaired) electrons. The second-order valence-electron chi connectivity index (χ2n) is 4.29. The number of hydrazone groups is 1.